The topological polar surface area (TPSA) is 55.8 Å². The molecule has 0 aliphatic carbocycles. The van der Waals surface area contributed by atoms with Crippen LogP contribution in [0.2, 0.25) is 0 Å². The van der Waals surface area contributed by atoms with Gasteiger partial charge >= 0.3 is 12.3 Å². The summed E-state index contributed by atoms with van der Waals surface area (Å²) in [6, 6.07) is 4.08. The highest BCUT2D eigenvalue weighted by atomic mass is 19.4. The molecule has 0 N–H and O–H groups in total. The molecule has 1 aromatic rings. The Morgan fingerprint density at radius 3 is 2.43 bits per heavy atom. The second-order valence-corrected chi connectivity index (χ2v) is 5.17. The summed E-state index contributed by atoms with van der Waals surface area (Å²) < 4.78 is 44.9. The molecule has 1 heterocycles. The third kappa shape index (κ3) is 3.94. The first kappa shape index (κ1) is 17.1. The minimum absolute atomic E-state index is 0.191. The molecule has 0 bridgehead atoms. The molecule has 8 heteroatoms. The number of halogens is 3. The minimum Gasteiger partial charge on any atom is -0.467 e. The van der Waals surface area contributed by atoms with Gasteiger partial charge in [-0.3, -0.25) is 4.79 Å². The normalized spacial score (nSPS) is 19.6. The smallest absolute Gasteiger partial charge is 0.467 e. The molecule has 2 rings (SSSR count). The lowest BCUT2D eigenvalue weighted by molar-refractivity contribution is -0.274. The molecule has 0 spiro atoms. The molecular formula is C15H16F3NO4. The third-order valence-corrected chi connectivity index (χ3v) is 3.74. The predicted octanol–water partition coefficient (Wildman–Crippen LogP) is 2.81. The van der Waals surface area contributed by atoms with Crippen molar-refractivity contribution in [2.24, 2.45) is 0 Å². The highest BCUT2D eigenvalue weighted by Gasteiger charge is 2.40. The van der Waals surface area contributed by atoms with Gasteiger partial charge in [0, 0.05) is 6.42 Å². The van der Waals surface area contributed by atoms with Crippen LogP contribution >= 0.6 is 0 Å². The van der Waals surface area contributed by atoms with Crippen LogP contribution in [-0.2, 0) is 14.3 Å². The number of benzene rings is 1. The Hall–Kier alpha value is -2.25. The Labute approximate surface area is 131 Å². The molecule has 1 fully saturated rings. The molecule has 126 valence electrons. The molecule has 1 aliphatic heterocycles. The summed E-state index contributed by atoms with van der Waals surface area (Å²) in [4.78, 5) is 25.2. The van der Waals surface area contributed by atoms with Crippen LogP contribution in [0.25, 0.3) is 0 Å². The number of amides is 1. The first-order valence-corrected chi connectivity index (χ1v) is 6.97. The maximum Gasteiger partial charge on any atom is 0.573 e. The lowest BCUT2D eigenvalue weighted by Gasteiger charge is -2.29. The van der Waals surface area contributed by atoms with E-state index < -0.39 is 24.4 Å². The number of esters is 1. The molecular weight excluding hydrogens is 315 g/mol. The molecule has 0 saturated carbocycles. The van der Waals surface area contributed by atoms with Gasteiger partial charge in [-0.2, -0.15) is 0 Å². The van der Waals surface area contributed by atoms with Crippen molar-refractivity contribution in [2.45, 2.75) is 38.2 Å². The van der Waals surface area contributed by atoms with Crippen LogP contribution in [0.1, 0.15) is 31.4 Å². The van der Waals surface area contributed by atoms with Crippen molar-refractivity contribution in [1.82, 2.24) is 4.90 Å². The zero-order valence-corrected chi connectivity index (χ0v) is 12.6. The fourth-order valence-corrected chi connectivity index (χ4v) is 2.66. The van der Waals surface area contributed by atoms with Gasteiger partial charge < -0.3 is 14.4 Å². The minimum atomic E-state index is -4.76. The van der Waals surface area contributed by atoms with Crippen molar-refractivity contribution in [1.29, 1.82) is 0 Å². The predicted molar refractivity (Wildman–Crippen MR) is 73.4 cm³/mol. The summed E-state index contributed by atoms with van der Waals surface area (Å²) in [5.41, 5.74) is 0.601. The number of methoxy groups -OCH3 is 1. The van der Waals surface area contributed by atoms with E-state index in [2.05, 4.69) is 4.74 Å². The maximum absolute atomic E-state index is 12.1. The van der Waals surface area contributed by atoms with Crippen LogP contribution < -0.4 is 4.74 Å². The average molecular weight is 331 g/mol. The number of carbonyl (C=O) groups is 2. The molecule has 1 amide bonds. The lowest BCUT2D eigenvalue weighted by Crippen LogP contribution is -2.40. The van der Waals surface area contributed by atoms with E-state index in [1.807, 2.05) is 0 Å². The molecule has 1 aromatic carbocycles. The number of alkyl halides is 3. The standard InChI is InChI=1S/C15H16F3NO4/c1-9(19-12(14(21)22-2)7-8-13(19)20)10-3-5-11(6-4-10)23-15(16,17)18/h3-6,9,12H,7-8H2,1-2H3. The first-order chi connectivity index (χ1) is 10.7. The molecule has 2 unspecified atom stereocenters. The molecule has 0 aromatic heterocycles. The summed E-state index contributed by atoms with van der Waals surface area (Å²) in [5, 5.41) is 0. The van der Waals surface area contributed by atoms with Gasteiger partial charge in [0.1, 0.15) is 11.8 Å². The van der Waals surface area contributed by atoms with E-state index in [9.17, 15) is 22.8 Å². The van der Waals surface area contributed by atoms with Crippen LogP contribution in [0.3, 0.4) is 0 Å². The molecule has 2 atom stereocenters. The van der Waals surface area contributed by atoms with Crippen molar-refractivity contribution < 1.29 is 32.2 Å². The Kier molecular flexibility index (Phi) is 4.82. The zero-order valence-electron chi connectivity index (χ0n) is 12.6. The monoisotopic (exact) mass is 331 g/mol. The quantitative estimate of drug-likeness (QED) is 0.796. The number of hydrogen-bond acceptors (Lipinski definition) is 4. The second-order valence-electron chi connectivity index (χ2n) is 5.17. The van der Waals surface area contributed by atoms with Gasteiger partial charge in [0.25, 0.3) is 0 Å². The first-order valence-electron chi connectivity index (χ1n) is 6.97. The van der Waals surface area contributed by atoms with Gasteiger partial charge in [-0.15, -0.1) is 13.2 Å². The second kappa shape index (κ2) is 6.47. The van der Waals surface area contributed by atoms with E-state index in [1.165, 1.54) is 36.3 Å². The zero-order chi connectivity index (χ0) is 17.2. The van der Waals surface area contributed by atoms with E-state index in [1.54, 1.807) is 6.92 Å². The Balaban J connectivity index is 2.17. The van der Waals surface area contributed by atoms with E-state index in [0.29, 0.717) is 12.0 Å². The van der Waals surface area contributed by atoms with Crippen LogP contribution in [0.15, 0.2) is 24.3 Å². The number of carbonyl (C=O) groups excluding carboxylic acids is 2. The third-order valence-electron chi connectivity index (χ3n) is 3.74. The number of nitrogens with zero attached hydrogens (tertiary/aromatic N) is 1. The fraction of sp³-hybridized carbons (Fsp3) is 0.467. The summed E-state index contributed by atoms with van der Waals surface area (Å²) in [7, 11) is 1.25. The van der Waals surface area contributed by atoms with Gasteiger partial charge in [0.2, 0.25) is 5.91 Å². The Morgan fingerprint density at radius 2 is 1.91 bits per heavy atom. The number of rotatable bonds is 4. The van der Waals surface area contributed by atoms with Crippen molar-refractivity contribution in [3.05, 3.63) is 29.8 Å². The van der Waals surface area contributed by atoms with Crippen molar-refractivity contribution >= 4 is 11.9 Å². The van der Waals surface area contributed by atoms with Gasteiger partial charge in [-0.1, -0.05) is 12.1 Å². The van der Waals surface area contributed by atoms with Crippen molar-refractivity contribution in [2.75, 3.05) is 7.11 Å². The highest BCUT2D eigenvalue weighted by Crippen LogP contribution is 2.32. The maximum atomic E-state index is 12.1. The number of ether oxygens (including phenoxy) is 2. The van der Waals surface area contributed by atoms with Gasteiger partial charge in [-0.25, -0.2) is 4.79 Å². The van der Waals surface area contributed by atoms with Crippen LogP contribution in [0.4, 0.5) is 13.2 Å². The molecule has 0 radical (unpaired) electrons. The summed E-state index contributed by atoms with van der Waals surface area (Å²) in [6.07, 6.45) is -4.15. The summed E-state index contributed by atoms with van der Waals surface area (Å²) >= 11 is 0. The van der Waals surface area contributed by atoms with E-state index >= 15 is 0 Å². The van der Waals surface area contributed by atoms with E-state index in [-0.39, 0.29) is 18.1 Å². The molecule has 23 heavy (non-hydrogen) atoms. The lowest BCUT2D eigenvalue weighted by atomic mass is 10.1. The van der Waals surface area contributed by atoms with Crippen molar-refractivity contribution in [3.63, 3.8) is 0 Å². The van der Waals surface area contributed by atoms with Gasteiger partial charge in [0.15, 0.2) is 0 Å². The SMILES string of the molecule is COC(=O)C1CCC(=O)N1C(C)c1ccc(OC(F)(F)F)cc1. The summed E-state index contributed by atoms with van der Waals surface area (Å²) in [5.74, 6) is -1.03. The molecule has 1 aliphatic rings. The Morgan fingerprint density at radius 1 is 1.30 bits per heavy atom. The average Bonchev–Trinajstić information content (AvgIpc) is 2.86. The number of hydrogen-bond donors (Lipinski definition) is 0. The van der Waals surface area contributed by atoms with Gasteiger partial charge in [0.05, 0.1) is 13.2 Å². The van der Waals surface area contributed by atoms with E-state index in [0.717, 1.165) is 0 Å². The highest BCUT2D eigenvalue weighted by molar-refractivity contribution is 5.88. The van der Waals surface area contributed by atoms with Crippen LogP contribution in [0.5, 0.6) is 5.75 Å². The summed E-state index contributed by atoms with van der Waals surface area (Å²) in [6.45, 7) is 1.71. The van der Waals surface area contributed by atoms with Crippen LogP contribution in [-0.4, -0.2) is 36.3 Å². The largest absolute Gasteiger partial charge is 0.573 e. The fourth-order valence-electron chi connectivity index (χ4n) is 2.66. The van der Waals surface area contributed by atoms with E-state index in [4.69, 9.17) is 4.74 Å². The van der Waals surface area contributed by atoms with Gasteiger partial charge in [-0.05, 0) is 31.0 Å². The molecule has 1 saturated heterocycles. The van der Waals surface area contributed by atoms with Crippen LogP contribution in [0, 0.1) is 0 Å². The number of likely N-dealkylation sites (tertiary alicyclic amines) is 1. The molecule has 5 nitrogen and oxygen atoms in total. The Bertz CT molecular complexity index is 585. The van der Waals surface area contributed by atoms with Crippen molar-refractivity contribution in [3.8, 4) is 5.75 Å².